The molecule has 9 heteroatoms. The summed E-state index contributed by atoms with van der Waals surface area (Å²) in [6.07, 6.45) is -0.126. The molecule has 5 N–H and O–H groups in total. The van der Waals surface area contributed by atoms with Crippen LogP contribution in [0.1, 0.15) is 45.6 Å². The first-order valence-corrected chi connectivity index (χ1v) is 9.05. The number of carboxylic acid groups (broad SMARTS) is 1. The normalized spacial score (nSPS) is 12.0. The smallest absolute Gasteiger partial charge is 0.408 e. The summed E-state index contributed by atoms with van der Waals surface area (Å²) in [7, 11) is 0. The van der Waals surface area contributed by atoms with Gasteiger partial charge in [-0.3, -0.25) is 0 Å². The summed E-state index contributed by atoms with van der Waals surface area (Å²) in [5, 5.41) is 14.1. The van der Waals surface area contributed by atoms with Crippen LogP contribution in [0.3, 0.4) is 0 Å². The summed E-state index contributed by atoms with van der Waals surface area (Å²) in [5.74, 6) is -1.14. The number of unbranched alkanes of at least 4 members (excludes halogenated alkanes) is 1. The number of amides is 2. The van der Waals surface area contributed by atoms with Gasteiger partial charge in [0.1, 0.15) is 18.2 Å². The van der Waals surface area contributed by atoms with Gasteiger partial charge in [-0.15, -0.1) is 0 Å². The van der Waals surface area contributed by atoms with E-state index in [9.17, 15) is 19.5 Å². The molecule has 0 radical (unpaired) electrons. The van der Waals surface area contributed by atoms with Crippen LogP contribution in [0.5, 0.6) is 0 Å². The van der Waals surface area contributed by atoms with Crippen molar-refractivity contribution in [2.24, 2.45) is 0 Å². The first kappa shape index (κ1) is 23.1. The number of para-hydroxylation sites is 1. The number of aliphatic carboxylic acids is 1. The summed E-state index contributed by atoms with van der Waals surface area (Å²) in [5.41, 5.74) is 6.33. The third-order valence-electron chi connectivity index (χ3n) is 3.59. The number of carbonyl (C=O) groups is 3. The van der Waals surface area contributed by atoms with Gasteiger partial charge in [0.2, 0.25) is 0 Å². The van der Waals surface area contributed by atoms with Crippen LogP contribution in [-0.2, 0) is 20.9 Å². The third-order valence-corrected chi connectivity index (χ3v) is 3.59. The second-order valence-corrected chi connectivity index (χ2v) is 7.23. The minimum Gasteiger partial charge on any atom is -0.480 e. The van der Waals surface area contributed by atoms with E-state index < -0.39 is 29.8 Å². The summed E-state index contributed by atoms with van der Waals surface area (Å²) < 4.78 is 10.1. The van der Waals surface area contributed by atoms with Crippen molar-refractivity contribution in [2.75, 3.05) is 12.3 Å². The molecular weight excluding hydrogens is 366 g/mol. The fourth-order valence-electron chi connectivity index (χ4n) is 2.23. The van der Waals surface area contributed by atoms with Gasteiger partial charge >= 0.3 is 18.2 Å². The first-order valence-electron chi connectivity index (χ1n) is 9.05. The fraction of sp³-hybridized carbons (Fsp3) is 0.526. The van der Waals surface area contributed by atoms with Gasteiger partial charge in [0, 0.05) is 17.8 Å². The summed E-state index contributed by atoms with van der Waals surface area (Å²) >= 11 is 0. The lowest BCUT2D eigenvalue weighted by Crippen LogP contribution is -2.43. The molecule has 0 unspecified atom stereocenters. The lowest BCUT2D eigenvalue weighted by atomic mass is 10.1. The van der Waals surface area contributed by atoms with Crippen LogP contribution in [0.4, 0.5) is 15.3 Å². The average Bonchev–Trinajstić information content (AvgIpc) is 2.58. The van der Waals surface area contributed by atoms with E-state index in [0.29, 0.717) is 25.1 Å². The molecule has 1 aromatic carbocycles. The molecule has 1 atom stereocenters. The zero-order chi connectivity index (χ0) is 21.2. The Morgan fingerprint density at radius 2 is 1.82 bits per heavy atom. The lowest BCUT2D eigenvalue weighted by molar-refractivity contribution is -0.139. The number of nitrogen functional groups attached to an aromatic ring is 1. The Labute approximate surface area is 164 Å². The summed E-state index contributed by atoms with van der Waals surface area (Å²) in [4.78, 5) is 34.6. The van der Waals surface area contributed by atoms with Gasteiger partial charge in [-0.1, -0.05) is 18.2 Å². The monoisotopic (exact) mass is 395 g/mol. The topological polar surface area (TPSA) is 140 Å². The Morgan fingerprint density at radius 3 is 2.43 bits per heavy atom. The second-order valence-electron chi connectivity index (χ2n) is 7.23. The van der Waals surface area contributed by atoms with Crippen LogP contribution >= 0.6 is 0 Å². The van der Waals surface area contributed by atoms with Crippen molar-refractivity contribution in [2.45, 2.75) is 58.3 Å². The van der Waals surface area contributed by atoms with E-state index >= 15 is 0 Å². The molecule has 0 fully saturated rings. The molecule has 0 saturated heterocycles. The highest BCUT2D eigenvalue weighted by molar-refractivity contribution is 5.79. The van der Waals surface area contributed by atoms with Gasteiger partial charge in [0.05, 0.1) is 0 Å². The SMILES string of the molecule is CC(C)(C)OC(=O)N[C@@H](CCCCNC(=O)OCc1ccccc1N)C(=O)O. The Balaban J connectivity index is 2.24. The number of nitrogens with two attached hydrogens (primary N) is 1. The van der Waals surface area contributed by atoms with Gasteiger partial charge in [-0.25, -0.2) is 14.4 Å². The van der Waals surface area contributed by atoms with Crippen molar-refractivity contribution < 1.29 is 29.0 Å². The molecular formula is C19H29N3O6. The van der Waals surface area contributed by atoms with Crippen molar-refractivity contribution in [3.8, 4) is 0 Å². The maximum Gasteiger partial charge on any atom is 0.408 e. The minimum absolute atomic E-state index is 0.0689. The second kappa shape index (κ2) is 11.0. The van der Waals surface area contributed by atoms with Gasteiger partial charge in [0.15, 0.2) is 0 Å². The molecule has 9 nitrogen and oxygen atoms in total. The number of alkyl carbamates (subject to hydrolysis) is 2. The highest BCUT2D eigenvalue weighted by atomic mass is 16.6. The molecule has 0 bridgehead atoms. The number of hydrogen-bond acceptors (Lipinski definition) is 6. The Morgan fingerprint density at radius 1 is 1.14 bits per heavy atom. The van der Waals surface area contributed by atoms with Crippen molar-refractivity contribution in [1.82, 2.24) is 10.6 Å². The van der Waals surface area contributed by atoms with Crippen molar-refractivity contribution in [3.63, 3.8) is 0 Å². The molecule has 0 aliphatic heterocycles. The number of carbonyl (C=O) groups excluding carboxylic acids is 2. The number of anilines is 1. The predicted molar refractivity (Wildman–Crippen MR) is 104 cm³/mol. The van der Waals surface area contributed by atoms with Gasteiger partial charge < -0.3 is 30.9 Å². The molecule has 0 aromatic heterocycles. The van der Waals surface area contributed by atoms with Gasteiger partial charge in [0.25, 0.3) is 0 Å². The fourth-order valence-corrected chi connectivity index (χ4v) is 2.23. The molecule has 0 heterocycles. The highest BCUT2D eigenvalue weighted by Crippen LogP contribution is 2.11. The number of carboxylic acids is 1. The maximum atomic E-state index is 11.7. The molecule has 0 aliphatic carbocycles. The van der Waals surface area contributed by atoms with E-state index in [1.807, 2.05) is 0 Å². The van der Waals surface area contributed by atoms with Crippen molar-refractivity contribution in [3.05, 3.63) is 29.8 Å². The van der Waals surface area contributed by atoms with Crippen LogP contribution in [-0.4, -0.2) is 41.4 Å². The molecule has 1 aromatic rings. The summed E-state index contributed by atoms with van der Waals surface area (Å²) in [6, 6.07) is 6.04. The molecule has 156 valence electrons. The number of nitrogens with one attached hydrogen (secondary N) is 2. The highest BCUT2D eigenvalue weighted by Gasteiger charge is 2.23. The predicted octanol–water partition coefficient (Wildman–Crippen LogP) is 2.64. The third kappa shape index (κ3) is 9.65. The number of ether oxygens (including phenoxy) is 2. The van der Waals surface area contributed by atoms with Crippen LogP contribution in [0.15, 0.2) is 24.3 Å². The quantitative estimate of drug-likeness (QED) is 0.372. The van der Waals surface area contributed by atoms with Crippen LogP contribution in [0, 0.1) is 0 Å². The van der Waals surface area contributed by atoms with E-state index in [2.05, 4.69) is 10.6 Å². The zero-order valence-corrected chi connectivity index (χ0v) is 16.5. The number of benzene rings is 1. The maximum absolute atomic E-state index is 11.7. The zero-order valence-electron chi connectivity index (χ0n) is 16.5. The minimum atomic E-state index is -1.14. The molecule has 0 saturated carbocycles. The Kier molecular flexibility index (Phi) is 9.07. The van der Waals surface area contributed by atoms with Crippen LogP contribution in [0.25, 0.3) is 0 Å². The van der Waals surface area contributed by atoms with E-state index in [4.69, 9.17) is 15.2 Å². The van der Waals surface area contributed by atoms with Gasteiger partial charge in [-0.05, 0) is 46.1 Å². The lowest BCUT2D eigenvalue weighted by Gasteiger charge is -2.22. The number of rotatable bonds is 9. The number of hydrogen-bond donors (Lipinski definition) is 4. The standard InChI is InChI=1S/C19H29N3O6/c1-19(2,3)28-18(26)22-15(16(23)24)10-6-7-11-21-17(25)27-12-13-8-4-5-9-14(13)20/h4-5,8-9,15H,6-7,10-12,20H2,1-3H3,(H,21,25)(H,22,26)(H,23,24)/t15-/m0/s1. The van der Waals surface area contributed by atoms with Crippen LogP contribution < -0.4 is 16.4 Å². The van der Waals surface area contributed by atoms with E-state index in [0.717, 1.165) is 5.56 Å². The van der Waals surface area contributed by atoms with E-state index in [1.54, 1.807) is 45.0 Å². The van der Waals surface area contributed by atoms with E-state index in [1.165, 1.54) is 0 Å². The van der Waals surface area contributed by atoms with Crippen molar-refractivity contribution >= 4 is 23.8 Å². The molecule has 0 aliphatic rings. The molecule has 0 spiro atoms. The largest absolute Gasteiger partial charge is 0.480 e. The average molecular weight is 395 g/mol. The summed E-state index contributed by atoms with van der Waals surface area (Å²) in [6.45, 7) is 5.47. The first-order chi connectivity index (χ1) is 13.1. The molecule has 1 rings (SSSR count). The molecule has 2 amide bonds. The molecule has 28 heavy (non-hydrogen) atoms. The van der Waals surface area contributed by atoms with Crippen molar-refractivity contribution in [1.29, 1.82) is 0 Å². The van der Waals surface area contributed by atoms with Gasteiger partial charge in [-0.2, -0.15) is 0 Å². The Hall–Kier alpha value is -2.97. The van der Waals surface area contributed by atoms with Crippen LogP contribution in [0.2, 0.25) is 0 Å². The Bertz CT molecular complexity index is 672. The van der Waals surface area contributed by atoms with E-state index in [-0.39, 0.29) is 13.0 Å².